The van der Waals surface area contributed by atoms with E-state index < -0.39 is 0 Å². The lowest BCUT2D eigenvalue weighted by molar-refractivity contribution is -0.142. The van der Waals surface area contributed by atoms with Crippen LogP contribution in [0, 0.1) is 11.8 Å². The van der Waals surface area contributed by atoms with Gasteiger partial charge in [-0.2, -0.15) is 4.99 Å². The fourth-order valence-electron chi connectivity index (χ4n) is 5.49. The van der Waals surface area contributed by atoms with E-state index in [-0.39, 0.29) is 54.7 Å². The minimum Gasteiger partial charge on any atom is -0.373 e. The van der Waals surface area contributed by atoms with Crippen molar-refractivity contribution in [1.29, 1.82) is 0 Å². The summed E-state index contributed by atoms with van der Waals surface area (Å²) < 4.78 is 7.71. The number of rotatable bonds is 5. The summed E-state index contributed by atoms with van der Waals surface area (Å²) in [5.74, 6) is -1.42. The molecule has 4 atom stereocenters. The number of imide groups is 1. The Morgan fingerprint density at radius 1 is 1.03 bits per heavy atom. The second-order valence-corrected chi connectivity index (χ2v) is 9.75. The number of nitrogens with zero attached hydrogens (tertiary/aromatic N) is 3. The molecule has 3 aliphatic rings. The molecule has 0 aliphatic carbocycles. The van der Waals surface area contributed by atoms with Crippen molar-refractivity contribution in [2.45, 2.75) is 38.0 Å². The van der Waals surface area contributed by atoms with Crippen molar-refractivity contribution < 1.29 is 19.1 Å². The van der Waals surface area contributed by atoms with Crippen LogP contribution in [0.1, 0.15) is 24.8 Å². The molecule has 3 amide bonds. The first-order valence-electron chi connectivity index (χ1n) is 11.3. The summed E-state index contributed by atoms with van der Waals surface area (Å²) in [4.78, 5) is 44.3. The van der Waals surface area contributed by atoms with Gasteiger partial charge in [-0.15, -0.1) is 11.3 Å². The van der Waals surface area contributed by atoms with Gasteiger partial charge in [-0.3, -0.25) is 19.3 Å². The molecule has 2 aromatic carbocycles. The second kappa shape index (κ2) is 8.04. The molecule has 2 bridgehead atoms. The molecule has 0 N–H and O–H groups in total. The van der Waals surface area contributed by atoms with E-state index in [1.165, 1.54) is 27.0 Å². The van der Waals surface area contributed by atoms with Gasteiger partial charge in [-0.05, 0) is 29.2 Å². The summed E-state index contributed by atoms with van der Waals surface area (Å²) in [7, 11) is 0. The number of hydrogen-bond donors (Lipinski definition) is 0. The molecule has 33 heavy (non-hydrogen) atoms. The van der Waals surface area contributed by atoms with Crippen molar-refractivity contribution in [1.82, 2.24) is 9.47 Å². The standard InChI is InChI=1S/C25H23N3O4S/c29-20(10-11-28-23(30)21-18-8-9-19(32-18)22(21)24(28)31)26-25-27(12-13-33-25)14-16-6-3-5-15-4-1-2-7-17(15)16/h1-7,12-13,18-19,21-22H,8-11,14H2. The number of likely N-dealkylation sites (tertiary alicyclic amines) is 1. The predicted octanol–water partition coefficient (Wildman–Crippen LogP) is 2.73. The van der Waals surface area contributed by atoms with Gasteiger partial charge in [0.25, 0.3) is 0 Å². The number of amides is 3. The minimum atomic E-state index is -0.358. The Morgan fingerprint density at radius 3 is 2.55 bits per heavy atom. The molecular formula is C25H23N3O4S. The van der Waals surface area contributed by atoms with E-state index in [0.29, 0.717) is 11.3 Å². The number of fused-ring (bicyclic) bond motifs is 6. The molecule has 4 heterocycles. The normalized spacial score (nSPS) is 26.5. The maximum atomic E-state index is 12.8. The van der Waals surface area contributed by atoms with E-state index in [2.05, 4.69) is 29.3 Å². The predicted molar refractivity (Wildman–Crippen MR) is 122 cm³/mol. The number of ether oxygens (including phenoxy) is 1. The van der Waals surface area contributed by atoms with Crippen LogP contribution in [0.5, 0.6) is 0 Å². The summed E-state index contributed by atoms with van der Waals surface area (Å²) >= 11 is 1.40. The maximum Gasteiger partial charge on any atom is 0.250 e. The van der Waals surface area contributed by atoms with Gasteiger partial charge in [0, 0.05) is 24.5 Å². The Kier molecular flexibility index (Phi) is 4.99. The van der Waals surface area contributed by atoms with Gasteiger partial charge in [0.05, 0.1) is 30.6 Å². The van der Waals surface area contributed by atoms with Crippen molar-refractivity contribution in [3.8, 4) is 0 Å². The lowest BCUT2D eigenvalue weighted by Gasteiger charge is -2.16. The van der Waals surface area contributed by atoms with Gasteiger partial charge in [-0.25, -0.2) is 0 Å². The van der Waals surface area contributed by atoms with E-state index in [1.54, 1.807) is 0 Å². The molecule has 3 aliphatic heterocycles. The van der Waals surface area contributed by atoms with Gasteiger partial charge in [-0.1, -0.05) is 42.5 Å². The van der Waals surface area contributed by atoms with Crippen molar-refractivity contribution in [2.75, 3.05) is 6.54 Å². The minimum absolute atomic E-state index is 0.0271. The van der Waals surface area contributed by atoms with Crippen LogP contribution in [-0.2, 0) is 25.7 Å². The molecule has 3 saturated heterocycles. The molecule has 7 nitrogen and oxygen atoms in total. The Hall–Kier alpha value is -3.10. The van der Waals surface area contributed by atoms with Crippen LogP contribution >= 0.6 is 11.3 Å². The van der Waals surface area contributed by atoms with Crippen molar-refractivity contribution in [3.05, 3.63) is 64.4 Å². The molecule has 0 radical (unpaired) electrons. The average molecular weight is 462 g/mol. The van der Waals surface area contributed by atoms with Crippen LogP contribution in [0.2, 0.25) is 0 Å². The molecule has 0 spiro atoms. The SMILES string of the molecule is O=C(CCN1C(=O)C2C3CCC(O3)C2C1=O)N=c1sccn1Cc1cccc2ccccc12. The Balaban J connectivity index is 1.16. The zero-order valence-corrected chi connectivity index (χ0v) is 18.7. The Labute approximate surface area is 194 Å². The third kappa shape index (κ3) is 3.45. The topological polar surface area (TPSA) is 81.0 Å². The van der Waals surface area contributed by atoms with Crippen molar-refractivity contribution in [2.24, 2.45) is 16.8 Å². The number of benzene rings is 2. The van der Waals surface area contributed by atoms with E-state index in [0.717, 1.165) is 18.4 Å². The molecule has 0 saturated carbocycles. The highest BCUT2D eigenvalue weighted by Crippen LogP contribution is 2.48. The van der Waals surface area contributed by atoms with Gasteiger partial charge in [0.2, 0.25) is 17.7 Å². The number of carbonyl (C=O) groups is 3. The highest BCUT2D eigenvalue weighted by molar-refractivity contribution is 7.07. The summed E-state index contributed by atoms with van der Waals surface area (Å²) in [6.45, 7) is 0.688. The van der Waals surface area contributed by atoms with Crippen molar-refractivity contribution in [3.63, 3.8) is 0 Å². The fourth-order valence-corrected chi connectivity index (χ4v) is 6.23. The van der Waals surface area contributed by atoms with Crippen LogP contribution in [0.15, 0.2) is 59.0 Å². The Bertz CT molecular complexity index is 1310. The van der Waals surface area contributed by atoms with E-state index in [1.807, 2.05) is 34.3 Å². The monoisotopic (exact) mass is 461 g/mol. The number of thiazole rings is 1. The van der Waals surface area contributed by atoms with E-state index in [4.69, 9.17) is 4.74 Å². The first-order chi connectivity index (χ1) is 16.1. The number of aromatic nitrogens is 1. The molecule has 3 aromatic rings. The second-order valence-electron chi connectivity index (χ2n) is 8.88. The average Bonchev–Trinajstić information content (AvgIpc) is 3.59. The molecule has 8 heteroatoms. The van der Waals surface area contributed by atoms with Crippen LogP contribution in [0.3, 0.4) is 0 Å². The largest absolute Gasteiger partial charge is 0.373 e. The van der Waals surface area contributed by atoms with Crippen molar-refractivity contribution >= 4 is 39.8 Å². The Morgan fingerprint density at radius 2 is 1.76 bits per heavy atom. The summed E-state index contributed by atoms with van der Waals surface area (Å²) in [6.07, 6.45) is 3.34. The highest BCUT2D eigenvalue weighted by atomic mass is 32.1. The number of carbonyl (C=O) groups excluding carboxylic acids is 3. The molecule has 1 aromatic heterocycles. The third-order valence-electron chi connectivity index (χ3n) is 7.03. The summed E-state index contributed by atoms with van der Waals surface area (Å²) in [5.41, 5.74) is 1.15. The lowest BCUT2D eigenvalue weighted by Crippen LogP contribution is -2.35. The maximum absolute atomic E-state index is 12.8. The van der Waals surface area contributed by atoms with Crippen LogP contribution in [0.25, 0.3) is 10.8 Å². The van der Waals surface area contributed by atoms with Crippen LogP contribution in [-0.4, -0.2) is 45.9 Å². The summed E-state index contributed by atoms with van der Waals surface area (Å²) in [5, 5.41) is 4.25. The smallest absolute Gasteiger partial charge is 0.250 e. The van der Waals surface area contributed by atoms with Crippen LogP contribution in [0.4, 0.5) is 0 Å². The van der Waals surface area contributed by atoms with E-state index in [9.17, 15) is 14.4 Å². The van der Waals surface area contributed by atoms with Gasteiger partial charge in [0.15, 0.2) is 4.80 Å². The summed E-state index contributed by atoms with van der Waals surface area (Å²) in [6, 6.07) is 14.4. The zero-order valence-electron chi connectivity index (χ0n) is 17.9. The zero-order chi connectivity index (χ0) is 22.5. The molecule has 6 rings (SSSR count). The van der Waals surface area contributed by atoms with Gasteiger partial charge < -0.3 is 9.30 Å². The van der Waals surface area contributed by atoms with Crippen LogP contribution < -0.4 is 4.80 Å². The van der Waals surface area contributed by atoms with E-state index >= 15 is 0 Å². The molecule has 4 unspecified atom stereocenters. The first kappa shape index (κ1) is 20.5. The molecule has 168 valence electrons. The highest BCUT2D eigenvalue weighted by Gasteiger charge is 2.62. The quantitative estimate of drug-likeness (QED) is 0.547. The van der Waals surface area contributed by atoms with Gasteiger partial charge >= 0.3 is 0 Å². The first-order valence-corrected chi connectivity index (χ1v) is 12.2. The molecular weight excluding hydrogens is 438 g/mol. The molecule has 3 fully saturated rings. The lowest BCUT2D eigenvalue weighted by atomic mass is 9.81. The third-order valence-corrected chi connectivity index (χ3v) is 7.82. The fraction of sp³-hybridized carbons (Fsp3) is 0.360. The number of hydrogen-bond acceptors (Lipinski definition) is 5. The van der Waals surface area contributed by atoms with Gasteiger partial charge in [0.1, 0.15) is 0 Å².